The fourth-order valence-electron chi connectivity index (χ4n) is 2.64. The van der Waals surface area contributed by atoms with Gasteiger partial charge >= 0.3 is 0 Å². The van der Waals surface area contributed by atoms with Gasteiger partial charge in [-0.2, -0.15) is 0 Å². The van der Waals surface area contributed by atoms with E-state index >= 15 is 0 Å². The van der Waals surface area contributed by atoms with Gasteiger partial charge in [-0.25, -0.2) is 0 Å². The Labute approximate surface area is 125 Å². The van der Waals surface area contributed by atoms with E-state index in [1.165, 1.54) is 0 Å². The number of nitrogens with zero attached hydrogens (tertiary/aromatic N) is 1. The van der Waals surface area contributed by atoms with Crippen LogP contribution in [0.15, 0.2) is 18.2 Å². The van der Waals surface area contributed by atoms with Crippen molar-refractivity contribution in [1.29, 1.82) is 0 Å². The molecule has 5 heteroatoms. The number of hydrogen-bond acceptors (Lipinski definition) is 4. The molecule has 0 aliphatic carbocycles. The van der Waals surface area contributed by atoms with Crippen LogP contribution >= 0.6 is 0 Å². The molecular weight excluding hydrogens is 270 g/mol. The van der Waals surface area contributed by atoms with Crippen LogP contribution in [0.25, 0.3) is 0 Å². The van der Waals surface area contributed by atoms with Crippen LogP contribution in [0.5, 0.6) is 11.5 Å². The topological polar surface area (TPSA) is 59.0 Å². The highest BCUT2D eigenvalue weighted by Gasteiger charge is 2.23. The highest BCUT2D eigenvalue weighted by atomic mass is 16.5. The zero-order valence-electron chi connectivity index (χ0n) is 12.7. The Morgan fingerprint density at radius 2 is 2.00 bits per heavy atom. The zero-order valence-corrected chi connectivity index (χ0v) is 12.7. The number of amides is 1. The van der Waals surface area contributed by atoms with E-state index in [-0.39, 0.29) is 12.5 Å². The van der Waals surface area contributed by atoms with Gasteiger partial charge in [-0.05, 0) is 24.8 Å². The zero-order chi connectivity index (χ0) is 15.2. The average Bonchev–Trinajstić information content (AvgIpc) is 2.55. The molecule has 0 spiro atoms. The van der Waals surface area contributed by atoms with Crippen molar-refractivity contribution in [3.8, 4) is 11.5 Å². The Bertz CT molecular complexity index is 481. The van der Waals surface area contributed by atoms with Gasteiger partial charge in [-0.1, -0.05) is 6.07 Å². The van der Waals surface area contributed by atoms with Crippen molar-refractivity contribution in [3.63, 3.8) is 0 Å². The summed E-state index contributed by atoms with van der Waals surface area (Å²) in [7, 11) is 3.19. The Morgan fingerprint density at radius 1 is 1.29 bits per heavy atom. The molecule has 0 atom stereocenters. The first kappa shape index (κ1) is 15.6. The Balaban J connectivity index is 1.99. The number of aliphatic hydroxyl groups excluding tert-OH is 1. The molecule has 1 amide bonds. The first-order valence-corrected chi connectivity index (χ1v) is 7.27. The highest BCUT2D eigenvalue weighted by Crippen LogP contribution is 2.26. The van der Waals surface area contributed by atoms with Gasteiger partial charge in [0.05, 0.1) is 20.6 Å². The molecule has 2 rings (SSSR count). The fraction of sp³-hybridized carbons (Fsp3) is 0.562. The number of piperidine rings is 1. The summed E-state index contributed by atoms with van der Waals surface area (Å²) in [4.78, 5) is 14.2. The second-order valence-electron chi connectivity index (χ2n) is 5.36. The van der Waals surface area contributed by atoms with Crippen LogP contribution in [-0.4, -0.2) is 49.8 Å². The smallest absolute Gasteiger partial charge is 0.227 e. The molecule has 0 radical (unpaired) electrons. The molecule has 116 valence electrons. The van der Waals surface area contributed by atoms with E-state index in [0.717, 1.165) is 31.5 Å². The third-order valence-electron chi connectivity index (χ3n) is 4.06. The number of ether oxygens (including phenoxy) is 2. The molecule has 1 fully saturated rings. The molecule has 0 bridgehead atoms. The molecule has 1 aliphatic heterocycles. The van der Waals surface area contributed by atoms with Crippen LogP contribution in [-0.2, 0) is 11.2 Å². The summed E-state index contributed by atoms with van der Waals surface area (Å²) < 4.78 is 10.5. The second-order valence-corrected chi connectivity index (χ2v) is 5.36. The average molecular weight is 293 g/mol. The predicted octanol–water partition coefficient (Wildman–Crippen LogP) is 1.48. The van der Waals surface area contributed by atoms with E-state index in [9.17, 15) is 4.79 Å². The Hall–Kier alpha value is -1.75. The maximum atomic E-state index is 12.4. The minimum Gasteiger partial charge on any atom is -0.497 e. The molecule has 21 heavy (non-hydrogen) atoms. The van der Waals surface area contributed by atoms with Gasteiger partial charge in [0.25, 0.3) is 0 Å². The third-order valence-corrected chi connectivity index (χ3v) is 4.06. The molecule has 1 N–H and O–H groups in total. The first-order valence-electron chi connectivity index (χ1n) is 7.27. The number of benzene rings is 1. The normalized spacial score (nSPS) is 15.9. The lowest BCUT2D eigenvalue weighted by Gasteiger charge is -2.31. The molecule has 1 aromatic rings. The minimum absolute atomic E-state index is 0.106. The number of aliphatic hydroxyl groups is 1. The van der Waals surface area contributed by atoms with E-state index in [1.807, 2.05) is 17.0 Å². The van der Waals surface area contributed by atoms with E-state index in [4.69, 9.17) is 14.6 Å². The summed E-state index contributed by atoms with van der Waals surface area (Å²) >= 11 is 0. The number of likely N-dealkylation sites (tertiary alicyclic amines) is 1. The molecule has 0 aromatic heterocycles. The molecule has 1 aromatic carbocycles. The monoisotopic (exact) mass is 293 g/mol. The summed E-state index contributed by atoms with van der Waals surface area (Å²) in [5, 5.41) is 9.14. The quantitative estimate of drug-likeness (QED) is 0.893. The molecule has 0 unspecified atom stereocenters. The first-order chi connectivity index (χ1) is 10.2. The number of hydrogen-bond donors (Lipinski definition) is 1. The van der Waals surface area contributed by atoms with Crippen molar-refractivity contribution in [2.24, 2.45) is 5.92 Å². The predicted molar refractivity (Wildman–Crippen MR) is 79.6 cm³/mol. The van der Waals surface area contributed by atoms with Gasteiger partial charge in [0.2, 0.25) is 5.91 Å². The molecule has 1 aliphatic rings. The largest absolute Gasteiger partial charge is 0.497 e. The van der Waals surface area contributed by atoms with Gasteiger partial charge in [0.1, 0.15) is 11.5 Å². The lowest BCUT2D eigenvalue weighted by molar-refractivity contribution is -0.132. The summed E-state index contributed by atoms with van der Waals surface area (Å²) in [6.07, 6.45) is 2.08. The maximum Gasteiger partial charge on any atom is 0.227 e. The van der Waals surface area contributed by atoms with Crippen LogP contribution in [0.4, 0.5) is 0 Å². The van der Waals surface area contributed by atoms with Gasteiger partial charge in [-0.15, -0.1) is 0 Å². The summed E-state index contributed by atoms with van der Waals surface area (Å²) in [5.41, 5.74) is 0.868. The van der Waals surface area contributed by atoms with Crippen LogP contribution in [0, 0.1) is 5.92 Å². The van der Waals surface area contributed by atoms with E-state index in [0.29, 0.717) is 23.8 Å². The molecule has 1 saturated heterocycles. The van der Waals surface area contributed by atoms with Crippen molar-refractivity contribution in [1.82, 2.24) is 4.90 Å². The SMILES string of the molecule is COc1ccc(CC(=O)N2CCC(CO)CC2)c(OC)c1. The lowest BCUT2D eigenvalue weighted by Crippen LogP contribution is -2.40. The highest BCUT2D eigenvalue weighted by molar-refractivity contribution is 5.79. The van der Waals surface area contributed by atoms with Gasteiger partial charge in [0, 0.05) is 31.3 Å². The lowest BCUT2D eigenvalue weighted by atomic mass is 9.97. The van der Waals surface area contributed by atoms with Crippen LogP contribution in [0.1, 0.15) is 18.4 Å². The molecule has 5 nitrogen and oxygen atoms in total. The number of methoxy groups -OCH3 is 2. The number of carbonyl (C=O) groups excluding carboxylic acids is 1. The number of carbonyl (C=O) groups is 1. The van der Waals surface area contributed by atoms with Gasteiger partial charge in [-0.3, -0.25) is 4.79 Å². The van der Waals surface area contributed by atoms with Crippen LogP contribution < -0.4 is 9.47 Å². The number of rotatable bonds is 5. The summed E-state index contributed by atoms with van der Waals surface area (Å²) in [6, 6.07) is 5.50. The minimum atomic E-state index is 0.106. The molecule has 0 saturated carbocycles. The third kappa shape index (κ3) is 3.88. The van der Waals surface area contributed by atoms with Crippen molar-refractivity contribution >= 4 is 5.91 Å². The second kappa shape index (κ2) is 7.31. The maximum absolute atomic E-state index is 12.4. The Kier molecular flexibility index (Phi) is 5.44. The van der Waals surface area contributed by atoms with Crippen LogP contribution in [0.3, 0.4) is 0 Å². The fourth-order valence-corrected chi connectivity index (χ4v) is 2.64. The van der Waals surface area contributed by atoms with E-state index in [2.05, 4.69) is 0 Å². The van der Waals surface area contributed by atoms with Gasteiger partial charge in [0.15, 0.2) is 0 Å². The molecular formula is C16H23NO4. The Morgan fingerprint density at radius 3 is 2.57 bits per heavy atom. The van der Waals surface area contributed by atoms with E-state index < -0.39 is 0 Å². The van der Waals surface area contributed by atoms with Gasteiger partial charge < -0.3 is 19.5 Å². The standard InChI is InChI=1S/C16H23NO4/c1-20-14-4-3-13(15(10-14)21-2)9-16(19)17-7-5-12(11-18)6-8-17/h3-4,10,12,18H,5-9,11H2,1-2H3. The van der Waals surface area contributed by atoms with Crippen molar-refractivity contribution in [3.05, 3.63) is 23.8 Å². The van der Waals surface area contributed by atoms with Crippen molar-refractivity contribution in [2.45, 2.75) is 19.3 Å². The van der Waals surface area contributed by atoms with Crippen LogP contribution in [0.2, 0.25) is 0 Å². The van der Waals surface area contributed by atoms with Crippen molar-refractivity contribution < 1.29 is 19.4 Å². The van der Waals surface area contributed by atoms with Crippen molar-refractivity contribution in [2.75, 3.05) is 33.9 Å². The van der Waals surface area contributed by atoms with E-state index in [1.54, 1.807) is 20.3 Å². The summed E-state index contributed by atoms with van der Waals surface area (Å²) in [5.74, 6) is 1.83. The molecule has 1 heterocycles. The summed E-state index contributed by atoms with van der Waals surface area (Å²) in [6.45, 7) is 1.67.